The van der Waals surface area contributed by atoms with Gasteiger partial charge in [0.2, 0.25) is 0 Å². The van der Waals surface area contributed by atoms with Crippen molar-refractivity contribution in [1.29, 1.82) is 0 Å². The zero-order chi connectivity index (χ0) is 16.5. The van der Waals surface area contributed by atoms with Gasteiger partial charge in [0.15, 0.2) is 6.23 Å². The van der Waals surface area contributed by atoms with E-state index in [-0.39, 0.29) is 5.91 Å². The predicted molar refractivity (Wildman–Crippen MR) is 88.7 cm³/mol. The van der Waals surface area contributed by atoms with Gasteiger partial charge in [-0.15, -0.1) is 0 Å². The molecular formula is C19H19NO3. The van der Waals surface area contributed by atoms with Crippen molar-refractivity contribution in [1.82, 2.24) is 5.32 Å². The van der Waals surface area contributed by atoms with E-state index in [1.165, 1.54) is 6.92 Å². The van der Waals surface area contributed by atoms with Crippen LogP contribution in [0.25, 0.3) is 0 Å². The summed E-state index contributed by atoms with van der Waals surface area (Å²) in [6.45, 7) is 1.31. The molecule has 0 aliphatic heterocycles. The highest BCUT2D eigenvalue weighted by molar-refractivity contribution is 5.94. The van der Waals surface area contributed by atoms with Gasteiger partial charge in [0, 0.05) is 12.5 Å². The fraction of sp³-hybridized carbons (Fsp3) is 0.158. The summed E-state index contributed by atoms with van der Waals surface area (Å²) in [4.78, 5) is 23.3. The summed E-state index contributed by atoms with van der Waals surface area (Å²) in [5.41, 5.74) is 1.65. The van der Waals surface area contributed by atoms with Gasteiger partial charge in [-0.3, -0.25) is 9.59 Å². The molecule has 118 valence electrons. The Hall–Kier alpha value is -2.88. The molecule has 0 fully saturated rings. The number of allylic oxidation sites excluding steroid dienone is 1. The maximum atomic E-state index is 12.1. The molecule has 23 heavy (non-hydrogen) atoms. The van der Waals surface area contributed by atoms with Gasteiger partial charge in [0.1, 0.15) is 0 Å². The van der Waals surface area contributed by atoms with Crippen molar-refractivity contribution in [2.24, 2.45) is 0 Å². The molecular weight excluding hydrogens is 290 g/mol. The van der Waals surface area contributed by atoms with Gasteiger partial charge in [0.05, 0.1) is 0 Å². The summed E-state index contributed by atoms with van der Waals surface area (Å²) in [7, 11) is 0. The first-order valence-corrected chi connectivity index (χ1v) is 7.39. The molecule has 0 saturated heterocycles. The van der Waals surface area contributed by atoms with Gasteiger partial charge >= 0.3 is 5.97 Å². The molecule has 1 unspecified atom stereocenters. The van der Waals surface area contributed by atoms with Gasteiger partial charge in [-0.05, 0) is 30.2 Å². The van der Waals surface area contributed by atoms with E-state index in [1.54, 1.807) is 30.3 Å². The van der Waals surface area contributed by atoms with E-state index in [0.29, 0.717) is 12.0 Å². The molecule has 1 N–H and O–H groups in total. The SMILES string of the molecule is CC(=O)OC(/C=C/Cc1ccccc1)NC(=O)c1ccccc1. The Balaban J connectivity index is 1.99. The number of carbonyl (C=O) groups excluding carboxylic acids is 2. The van der Waals surface area contributed by atoms with E-state index in [1.807, 2.05) is 42.5 Å². The monoisotopic (exact) mass is 309 g/mol. The van der Waals surface area contributed by atoms with Gasteiger partial charge in [0.25, 0.3) is 5.91 Å². The van der Waals surface area contributed by atoms with Crippen molar-refractivity contribution in [3.8, 4) is 0 Å². The molecule has 4 heteroatoms. The minimum Gasteiger partial charge on any atom is -0.438 e. The minimum absolute atomic E-state index is 0.291. The molecule has 0 saturated carbocycles. The molecule has 0 bridgehead atoms. The number of amides is 1. The van der Waals surface area contributed by atoms with E-state index >= 15 is 0 Å². The third kappa shape index (κ3) is 5.79. The summed E-state index contributed by atoms with van der Waals surface area (Å²) in [6.07, 6.45) is 3.45. The number of esters is 1. The first-order valence-electron chi connectivity index (χ1n) is 7.39. The fourth-order valence-electron chi connectivity index (χ4n) is 2.04. The second-order valence-corrected chi connectivity index (χ2v) is 4.99. The predicted octanol–water partition coefficient (Wildman–Crippen LogP) is 3.10. The number of rotatable bonds is 6. The molecule has 2 aromatic carbocycles. The van der Waals surface area contributed by atoms with Crippen LogP contribution in [0.4, 0.5) is 0 Å². The average molecular weight is 309 g/mol. The van der Waals surface area contributed by atoms with Crippen molar-refractivity contribution in [3.05, 3.63) is 83.9 Å². The standard InChI is InChI=1S/C19H19NO3/c1-15(21)23-18(14-8-11-16-9-4-2-5-10-16)20-19(22)17-12-6-3-7-13-17/h2-10,12-14,18H,11H2,1H3,(H,20,22)/b14-8+. The lowest BCUT2D eigenvalue weighted by molar-refractivity contribution is -0.144. The van der Waals surface area contributed by atoms with Gasteiger partial charge in [-0.2, -0.15) is 0 Å². The molecule has 2 aromatic rings. The van der Waals surface area contributed by atoms with Crippen LogP contribution in [0.2, 0.25) is 0 Å². The number of benzene rings is 2. The maximum absolute atomic E-state index is 12.1. The number of nitrogens with one attached hydrogen (secondary N) is 1. The lowest BCUT2D eigenvalue weighted by Crippen LogP contribution is -2.36. The molecule has 0 aliphatic rings. The molecule has 0 radical (unpaired) electrons. The molecule has 0 aromatic heterocycles. The number of ether oxygens (including phenoxy) is 1. The smallest absolute Gasteiger partial charge is 0.304 e. The van der Waals surface area contributed by atoms with Gasteiger partial charge < -0.3 is 10.1 Å². The average Bonchev–Trinajstić information content (AvgIpc) is 2.56. The van der Waals surface area contributed by atoms with Crippen LogP contribution in [0.15, 0.2) is 72.8 Å². The highest BCUT2D eigenvalue weighted by atomic mass is 16.6. The molecule has 2 rings (SSSR count). The largest absolute Gasteiger partial charge is 0.438 e. The van der Waals surface area contributed by atoms with E-state index in [2.05, 4.69) is 5.32 Å². The third-order valence-electron chi connectivity index (χ3n) is 3.11. The summed E-state index contributed by atoms with van der Waals surface area (Å²) < 4.78 is 5.12. The molecule has 0 aliphatic carbocycles. The Bertz CT molecular complexity index is 666. The first-order chi connectivity index (χ1) is 11.1. The Labute approximate surface area is 135 Å². The normalized spacial score (nSPS) is 11.9. The summed E-state index contributed by atoms with van der Waals surface area (Å²) >= 11 is 0. The second kappa shape index (κ2) is 8.54. The highest BCUT2D eigenvalue weighted by Gasteiger charge is 2.13. The zero-order valence-corrected chi connectivity index (χ0v) is 12.9. The van der Waals surface area contributed by atoms with Gasteiger partial charge in [-0.1, -0.05) is 54.6 Å². The first kappa shape index (κ1) is 16.5. The summed E-state index contributed by atoms with van der Waals surface area (Å²) in [6, 6.07) is 18.7. The van der Waals surface area contributed by atoms with Crippen LogP contribution in [0.3, 0.4) is 0 Å². The Morgan fingerprint density at radius 2 is 1.65 bits per heavy atom. The van der Waals surface area contributed by atoms with Crippen LogP contribution in [-0.2, 0) is 16.0 Å². The number of carbonyl (C=O) groups is 2. The number of hydrogen-bond donors (Lipinski definition) is 1. The van der Waals surface area contributed by atoms with Crippen molar-refractivity contribution >= 4 is 11.9 Å². The molecule has 0 heterocycles. The Morgan fingerprint density at radius 3 is 2.26 bits per heavy atom. The maximum Gasteiger partial charge on any atom is 0.304 e. The molecule has 4 nitrogen and oxygen atoms in total. The van der Waals surface area contributed by atoms with E-state index in [0.717, 1.165) is 5.56 Å². The second-order valence-electron chi connectivity index (χ2n) is 4.99. The van der Waals surface area contributed by atoms with E-state index < -0.39 is 12.2 Å². The third-order valence-corrected chi connectivity index (χ3v) is 3.11. The lowest BCUT2D eigenvalue weighted by Gasteiger charge is -2.15. The van der Waals surface area contributed by atoms with Crippen LogP contribution < -0.4 is 5.32 Å². The minimum atomic E-state index is -0.788. The quantitative estimate of drug-likeness (QED) is 0.507. The summed E-state index contributed by atoms with van der Waals surface area (Å²) in [5.74, 6) is -0.742. The Kier molecular flexibility index (Phi) is 6.12. The highest BCUT2D eigenvalue weighted by Crippen LogP contribution is 2.03. The van der Waals surface area contributed by atoms with Crippen LogP contribution in [-0.4, -0.2) is 18.1 Å². The van der Waals surface area contributed by atoms with E-state index in [9.17, 15) is 9.59 Å². The summed E-state index contributed by atoms with van der Waals surface area (Å²) in [5, 5.41) is 2.68. The van der Waals surface area contributed by atoms with Crippen LogP contribution in [0.5, 0.6) is 0 Å². The molecule has 1 amide bonds. The van der Waals surface area contributed by atoms with Crippen LogP contribution in [0.1, 0.15) is 22.8 Å². The molecule has 0 spiro atoms. The number of hydrogen-bond acceptors (Lipinski definition) is 3. The van der Waals surface area contributed by atoms with Gasteiger partial charge in [-0.25, -0.2) is 0 Å². The zero-order valence-electron chi connectivity index (χ0n) is 12.9. The van der Waals surface area contributed by atoms with Crippen molar-refractivity contribution in [2.45, 2.75) is 19.6 Å². The van der Waals surface area contributed by atoms with Crippen molar-refractivity contribution in [3.63, 3.8) is 0 Å². The van der Waals surface area contributed by atoms with Crippen molar-refractivity contribution < 1.29 is 14.3 Å². The Morgan fingerprint density at radius 1 is 1.04 bits per heavy atom. The topological polar surface area (TPSA) is 55.4 Å². The van der Waals surface area contributed by atoms with Crippen molar-refractivity contribution in [2.75, 3.05) is 0 Å². The van der Waals surface area contributed by atoms with Crippen LogP contribution in [0, 0.1) is 0 Å². The lowest BCUT2D eigenvalue weighted by atomic mass is 10.1. The fourth-order valence-corrected chi connectivity index (χ4v) is 2.04. The van der Waals surface area contributed by atoms with Crippen LogP contribution >= 0.6 is 0 Å². The van der Waals surface area contributed by atoms with E-state index in [4.69, 9.17) is 4.74 Å². The molecule has 1 atom stereocenters.